The van der Waals surface area contributed by atoms with Crippen LogP contribution in [0.2, 0.25) is 0 Å². The number of rotatable bonds is 2. The number of hydrogen-bond acceptors (Lipinski definition) is 4. The van der Waals surface area contributed by atoms with Crippen molar-refractivity contribution in [2.45, 2.75) is 32.2 Å². The second-order valence-electron chi connectivity index (χ2n) is 6.66. The molecule has 22 heavy (non-hydrogen) atoms. The molecule has 0 spiro atoms. The average Bonchev–Trinajstić information content (AvgIpc) is 3.21. The number of nitrogens with two attached hydrogens (primary N) is 1. The second kappa shape index (κ2) is 5.43. The van der Waals surface area contributed by atoms with E-state index in [0.717, 1.165) is 35.5 Å². The highest BCUT2D eigenvalue weighted by atomic mass is 15.3. The van der Waals surface area contributed by atoms with Gasteiger partial charge in [-0.05, 0) is 50.9 Å². The van der Waals surface area contributed by atoms with Crippen LogP contribution in [0.3, 0.4) is 0 Å². The van der Waals surface area contributed by atoms with Gasteiger partial charge in [0.1, 0.15) is 5.82 Å². The fourth-order valence-corrected chi connectivity index (χ4v) is 3.96. The number of pyridine rings is 1. The highest BCUT2D eigenvalue weighted by Gasteiger charge is 2.30. The van der Waals surface area contributed by atoms with Gasteiger partial charge in [-0.1, -0.05) is 12.1 Å². The van der Waals surface area contributed by atoms with E-state index in [1.807, 2.05) is 12.3 Å². The summed E-state index contributed by atoms with van der Waals surface area (Å²) in [6.45, 7) is 6.80. The molecule has 0 radical (unpaired) electrons. The van der Waals surface area contributed by atoms with Crippen LogP contribution < -0.4 is 10.6 Å². The fraction of sp³-hybridized carbons (Fsp3) is 0.500. The summed E-state index contributed by atoms with van der Waals surface area (Å²) >= 11 is 0. The molecule has 1 aromatic heterocycles. The molecule has 2 aliphatic heterocycles. The smallest absolute Gasteiger partial charge is 0.136 e. The van der Waals surface area contributed by atoms with Crippen molar-refractivity contribution in [3.05, 3.63) is 30.0 Å². The Morgan fingerprint density at radius 3 is 2.73 bits per heavy atom. The maximum atomic E-state index is 6.26. The molecule has 1 aromatic carbocycles. The molecule has 2 fully saturated rings. The first-order chi connectivity index (χ1) is 10.7. The van der Waals surface area contributed by atoms with E-state index in [1.165, 1.54) is 37.7 Å². The molecular formula is C18H24N4. The third-order valence-corrected chi connectivity index (χ3v) is 5.30. The predicted octanol–water partition coefficient (Wildman–Crippen LogP) is 2.80. The number of anilines is 2. The van der Waals surface area contributed by atoms with Crippen LogP contribution in [-0.4, -0.2) is 42.1 Å². The first kappa shape index (κ1) is 13.8. The Morgan fingerprint density at radius 2 is 1.91 bits per heavy atom. The molecule has 116 valence electrons. The van der Waals surface area contributed by atoms with Gasteiger partial charge in [-0.2, -0.15) is 0 Å². The molecule has 1 unspecified atom stereocenters. The Labute approximate surface area is 131 Å². The Hall–Kier alpha value is -1.81. The monoisotopic (exact) mass is 296 g/mol. The van der Waals surface area contributed by atoms with E-state index in [-0.39, 0.29) is 0 Å². The highest BCUT2D eigenvalue weighted by molar-refractivity contribution is 6.00. The van der Waals surface area contributed by atoms with Gasteiger partial charge >= 0.3 is 0 Å². The van der Waals surface area contributed by atoms with E-state index in [0.29, 0.717) is 6.04 Å². The zero-order chi connectivity index (χ0) is 15.1. The molecule has 2 N–H and O–H groups in total. The van der Waals surface area contributed by atoms with Crippen molar-refractivity contribution in [2.75, 3.05) is 36.8 Å². The van der Waals surface area contributed by atoms with E-state index < -0.39 is 0 Å². The van der Waals surface area contributed by atoms with Gasteiger partial charge in [0.2, 0.25) is 0 Å². The van der Waals surface area contributed by atoms with Crippen LogP contribution >= 0.6 is 0 Å². The summed E-state index contributed by atoms with van der Waals surface area (Å²) in [5.74, 6) is 1.10. The molecule has 0 amide bonds. The number of likely N-dealkylation sites (tertiary alicyclic amines) is 1. The molecule has 4 rings (SSSR count). The molecule has 2 aliphatic rings. The number of aryl methyl sites for hydroxylation is 1. The lowest BCUT2D eigenvalue weighted by Gasteiger charge is -2.24. The first-order valence-corrected chi connectivity index (χ1v) is 8.37. The molecule has 0 bridgehead atoms. The number of benzene rings is 1. The van der Waals surface area contributed by atoms with Gasteiger partial charge in [0.15, 0.2) is 0 Å². The minimum atomic E-state index is 0.697. The van der Waals surface area contributed by atoms with Crippen LogP contribution in [0.4, 0.5) is 11.5 Å². The minimum absolute atomic E-state index is 0.697. The van der Waals surface area contributed by atoms with Crippen LogP contribution in [0, 0.1) is 6.92 Å². The molecule has 2 saturated heterocycles. The van der Waals surface area contributed by atoms with Crippen LogP contribution in [0.1, 0.15) is 24.8 Å². The predicted molar refractivity (Wildman–Crippen MR) is 92.3 cm³/mol. The van der Waals surface area contributed by atoms with Crippen molar-refractivity contribution in [1.82, 2.24) is 9.88 Å². The SMILES string of the molecule is Cc1ccc2c(N3CCC(N4CCCC4)C3)nccc2c1N. The summed E-state index contributed by atoms with van der Waals surface area (Å²) in [7, 11) is 0. The number of fused-ring (bicyclic) bond motifs is 1. The van der Waals surface area contributed by atoms with Gasteiger partial charge in [-0.25, -0.2) is 4.98 Å². The third kappa shape index (κ3) is 2.22. The van der Waals surface area contributed by atoms with Crippen LogP contribution in [0.5, 0.6) is 0 Å². The lowest BCUT2D eigenvalue weighted by molar-refractivity contribution is 0.260. The number of hydrogen-bond donors (Lipinski definition) is 1. The van der Waals surface area contributed by atoms with Crippen LogP contribution in [0.25, 0.3) is 10.8 Å². The summed E-state index contributed by atoms with van der Waals surface area (Å²) in [5, 5.41) is 2.32. The van der Waals surface area contributed by atoms with Gasteiger partial charge in [0.05, 0.1) is 0 Å². The maximum absolute atomic E-state index is 6.26. The topological polar surface area (TPSA) is 45.4 Å². The summed E-state index contributed by atoms with van der Waals surface area (Å²) in [4.78, 5) is 9.77. The van der Waals surface area contributed by atoms with E-state index in [4.69, 9.17) is 5.73 Å². The zero-order valence-corrected chi connectivity index (χ0v) is 13.3. The van der Waals surface area contributed by atoms with Gasteiger partial charge in [-0.3, -0.25) is 4.90 Å². The molecular weight excluding hydrogens is 272 g/mol. The molecule has 1 atom stereocenters. The van der Waals surface area contributed by atoms with Crippen molar-refractivity contribution >= 4 is 22.3 Å². The first-order valence-electron chi connectivity index (χ1n) is 8.37. The number of nitrogen functional groups attached to an aromatic ring is 1. The summed E-state index contributed by atoms with van der Waals surface area (Å²) in [6, 6.07) is 7.01. The average molecular weight is 296 g/mol. The van der Waals surface area contributed by atoms with Gasteiger partial charge in [0.25, 0.3) is 0 Å². The number of aromatic nitrogens is 1. The van der Waals surface area contributed by atoms with Gasteiger partial charge in [0, 0.05) is 41.8 Å². The highest BCUT2D eigenvalue weighted by Crippen LogP contribution is 2.32. The van der Waals surface area contributed by atoms with Crippen molar-refractivity contribution in [3.8, 4) is 0 Å². The largest absolute Gasteiger partial charge is 0.398 e. The number of nitrogens with zero attached hydrogens (tertiary/aromatic N) is 3. The molecule has 4 heteroatoms. The van der Waals surface area contributed by atoms with Crippen molar-refractivity contribution in [1.29, 1.82) is 0 Å². The minimum Gasteiger partial charge on any atom is -0.398 e. The molecule has 0 saturated carbocycles. The van der Waals surface area contributed by atoms with E-state index >= 15 is 0 Å². The summed E-state index contributed by atoms with van der Waals surface area (Å²) in [6.07, 6.45) is 5.87. The Balaban J connectivity index is 1.66. The maximum Gasteiger partial charge on any atom is 0.136 e. The van der Waals surface area contributed by atoms with Crippen LogP contribution in [-0.2, 0) is 0 Å². The molecule has 4 nitrogen and oxygen atoms in total. The standard InChI is InChI=1S/C18H24N4/c1-13-4-5-16-15(17(13)19)6-8-20-18(16)22-11-7-14(12-22)21-9-2-3-10-21/h4-6,8,14H,2-3,7,9-12,19H2,1H3. The second-order valence-corrected chi connectivity index (χ2v) is 6.66. The van der Waals surface area contributed by atoms with E-state index in [1.54, 1.807) is 0 Å². The summed E-state index contributed by atoms with van der Waals surface area (Å²) in [5.41, 5.74) is 8.28. The zero-order valence-electron chi connectivity index (χ0n) is 13.3. The Morgan fingerprint density at radius 1 is 1.09 bits per heavy atom. The lowest BCUT2D eigenvalue weighted by Crippen LogP contribution is -2.35. The van der Waals surface area contributed by atoms with E-state index in [9.17, 15) is 0 Å². The van der Waals surface area contributed by atoms with Gasteiger partial charge < -0.3 is 10.6 Å². The third-order valence-electron chi connectivity index (χ3n) is 5.30. The molecule has 3 heterocycles. The van der Waals surface area contributed by atoms with E-state index in [2.05, 4.69) is 33.8 Å². The summed E-state index contributed by atoms with van der Waals surface area (Å²) < 4.78 is 0. The molecule has 2 aromatic rings. The Bertz CT molecular complexity index is 691. The fourth-order valence-electron chi connectivity index (χ4n) is 3.96. The lowest BCUT2D eigenvalue weighted by atomic mass is 10.1. The van der Waals surface area contributed by atoms with Crippen LogP contribution in [0.15, 0.2) is 24.4 Å². The quantitative estimate of drug-likeness (QED) is 0.866. The normalized spacial score (nSPS) is 22.8. The van der Waals surface area contributed by atoms with Gasteiger partial charge in [-0.15, -0.1) is 0 Å². The van der Waals surface area contributed by atoms with Crippen molar-refractivity contribution in [3.63, 3.8) is 0 Å². The Kier molecular flexibility index (Phi) is 3.41. The molecule has 0 aliphatic carbocycles. The van der Waals surface area contributed by atoms with Crippen molar-refractivity contribution < 1.29 is 0 Å². The van der Waals surface area contributed by atoms with Crippen molar-refractivity contribution in [2.24, 2.45) is 0 Å².